The number of hydrogen-bond donors (Lipinski definition) is 3. The molecule has 0 bridgehead atoms. The Bertz CT molecular complexity index is 705. The molecule has 9 heteroatoms. The topological polar surface area (TPSA) is 116 Å². The molecule has 0 aromatic rings. The van der Waals surface area contributed by atoms with Gasteiger partial charge in [0.25, 0.3) is 0 Å². The van der Waals surface area contributed by atoms with Crippen molar-refractivity contribution in [1.29, 1.82) is 0 Å². The SMILES string of the molecule is C=CC1CC1(NC(=O)C1CCCN1C(=O)CC)C(O)NS(=O)(=O)C1CC1. The van der Waals surface area contributed by atoms with Gasteiger partial charge in [0.2, 0.25) is 21.8 Å². The summed E-state index contributed by atoms with van der Waals surface area (Å²) in [6.45, 7) is 5.99. The third-order valence-corrected chi connectivity index (χ3v) is 7.51. The molecule has 3 aliphatic rings. The zero-order chi connectivity index (χ0) is 19.1. The second-order valence-electron chi connectivity index (χ2n) is 7.44. The molecule has 2 aliphatic carbocycles. The summed E-state index contributed by atoms with van der Waals surface area (Å²) in [6, 6.07) is -0.572. The van der Waals surface area contributed by atoms with Crippen LogP contribution in [-0.4, -0.2) is 59.8 Å². The maximum absolute atomic E-state index is 12.8. The van der Waals surface area contributed by atoms with Gasteiger partial charge in [-0.25, -0.2) is 8.42 Å². The predicted octanol–water partition coefficient (Wildman–Crippen LogP) is -0.151. The van der Waals surface area contributed by atoms with E-state index in [0.29, 0.717) is 38.6 Å². The van der Waals surface area contributed by atoms with Crippen molar-refractivity contribution >= 4 is 21.8 Å². The quantitative estimate of drug-likeness (QED) is 0.397. The highest BCUT2D eigenvalue weighted by atomic mass is 32.2. The number of amides is 2. The number of hydrogen-bond acceptors (Lipinski definition) is 5. The molecular weight excluding hydrogens is 358 g/mol. The first-order chi connectivity index (χ1) is 12.2. The van der Waals surface area contributed by atoms with Crippen LogP contribution >= 0.6 is 0 Å². The third-order valence-electron chi connectivity index (χ3n) is 5.60. The molecule has 8 nitrogen and oxygen atoms in total. The van der Waals surface area contributed by atoms with Gasteiger partial charge in [-0.1, -0.05) is 13.0 Å². The summed E-state index contributed by atoms with van der Waals surface area (Å²) < 4.78 is 26.6. The molecule has 3 rings (SSSR count). The maximum Gasteiger partial charge on any atom is 0.243 e. The van der Waals surface area contributed by atoms with E-state index in [1.807, 2.05) is 0 Å². The number of sulfonamides is 1. The number of carbonyl (C=O) groups is 2. The number of aliphatic hydroxyl groups excluding tert-OH is 1. The highest BCUT2D eigenvalue weighted by Crippen LogP contribution is 2.47. The Kier molecular flexibility index (Phi) is 5.15. The lowest BCUT2D eigenvalue weighted by Crippen LogP contribution is -2.58. The number of aliphatic hydroxyl groups is 1. The lowest BCUT2D eigenvalue weighted by atomic mass is 10.1. The summed E-state index contributed by atoms with van der Waals surface area (Å²) in [5.41, 5.74) is -1.09. The molecule has 146 valence electrons. The summed E-state index contributed by atoms with van der Waals surface area (Å²) in [5.74, 6) is -0.652. The first-order valence-electron chi connectivity index (χ1n) is 9.18. The molecule has 3 N–H and O–H groups in total. The molecule has 0 spiro atoms. The van der Waals surface area contributed by atoms with E-state index in [1.54, 1.807) is 17.9 Å². The molecule has 2 saturated carbocycles. The van der Waals surface area contributed by atoms with E-state index < -0.39 is 33.1 Å². The van der Waals surface area contributed by atoms with Gasteiger partial charge >= 0.3 is 0 Å². The summed E-state index contributed by atoms with van der Waals surface area (Å²) in [7, 11) is -3.59. The second-order valence-corrected chi connectivity index (χ2v) is 9.43. The summed E-state index contributed by atoms with van der Waals surface area (Å²) in [6.07, 6.45) is 3.41. The minimum absolute atomic E-state index is 0.0808. The van der Waals surface area contributed by atoms with Crippen molar-refractivity contribution in [3.8, 4) is 0 Å². The standard InChI is InChI=1S/C17H27N3O5S/c1-3-11-10-17(11,16(23)19-26(24,25)12-7-8-12)18-15(22)13-6-5-9-20(13)14(21)4-2/h3,11-13,16,19,23H,1,4-10H2,2H3,(H,18,22). The normalized spacial score (nSPS) is 32.2. The van der Waals surface area contributed by atoms with E-state index in [0.717, 1.165) is 6.42 Å². The van der Waals surface area contributed by atoms with Gasteiger partial charge in [0, 0.05) is 18.9 Å². The van der Waals surface area contributed by atoms with Gasteiger partial charge in [-0.05, 0) is 32.1 Å². The minimum Gasteiger partial charge on any atom is -0.375 e. The first-order valence-corrected chi connectivity index (χ1v) is 10.7. The minimum atomic E-state index is -3.59. The molecular formula is C17H27N3O5S. The Balaban J connectivity index is 1.71. The fraction of sp³-hybridized carbons (Fsp3) is 0.765. The highest BCUT2D eigenvalue weighted by molar-refractivity contribution is 7.90. The molecule has 0 aromatic carbocycles. The molecule has 0 aromatic heterocycles. The van der Waals surface area contributed by atoms with Crippen LogP contribution in [0, 0.1) is 5.92 Å². The smallest absolute Gasteiger partial charge is 0.243 e. The Morgan fingerprint density at radius 3 is 2.62 bits per heavy atom. The van der Waals surface area contributed by atoms with E-state index in [4.69, 9.17) is 0 Å². The van der Waals surface area contributed by atoms with E-state index >= 15 is 0 Å². The molecule has 1 saturated heterocycles. The first kappa shape index (κ1) is 19.3. The zero-order valence-electron chi connectivity index (χ0n) is 15.0. The van der Waals surface area contributed by atoms with Crippen molar-refractivity contribution in [3.05, 3.63) is 12.7 Å². The largest absolute Gasteiger partial charge is 0.375 e. The van der Waals surface area contributed by atoms with Gasteiger partial charge < -0.3 is 15.3 Å². The van der Waals surface area contributed by atoms with Gasteiger partial charge in [-0.15, -0.1) is 6.58 Å². The Morgan fingerprint density at radius 1 is 1.38 bits per heavy atom. The average molecular weight is 385 g/mol. The second kappa shape index (κ2) is 6.94. The number of likely N-dealkylation sites (tertiary alicyclic amines) is 1. The van der Waals surface area contributed by atoms with E-state index in [1.165, 1.54) is 0 Å². The molecule has 4 unspecified atom stereocenters. The summed E-state index contributed by atoms with van der Waals surface area (Å²) >= 11 is 0. The average Bonchev–Trinajstić information content (AvgIpc) is 3.51. The van der Waals surface area contributed by atoms with Crippen molar-refractivity contribution in [3.63, 3.8) is 0 Å². The van der Waals surface area contributed by atoms with Crippen LogP contribution in [0.15, 0.2) is 12.7 Å². The zero-order valence-corrected chi connectivity index (χ0v) is 15.8. The Morgan fingerprint density at radius 2 is 2.08 bits per heavy atom. The summed E-state index contributed by atoms with van der Waals surface area (Å²) in [5, 5.41) is 12.9. The lowest BCUT2D eigenvalue weighted by molar-refractivity contribution is -0.139. The van der Waals surface area contributed by atoms with Crippen molar-refractivity contribution in [2.75, 3.05) is 6.54 Å². The molecule has 1 aliphatic heterocycles. The number of rotatable bonds is 8. The van der Waals surface area contributed by atoms with Crippen molar-refractivity contribution in [1.82, 2.24) is 14.9 Å². The number of nitrogens with zero attached hydrogens (tertiary/aromatic N) is 1. The van der Waals surface area contributed by atoms with Crippen molar-refractivity contribution < 1.29 is 23.1 Å². The van der Waals surface area contributed by atoms with E-state index in [-0.39, 0.29) is 17.7 Å². The van der Waals surface area contributed by atoms with Crippen molar-refractivity contribution in [2.45, 2.75) is 68.5 Å². The van der Waals surface area contributed by atoms with E-state index in [2.05, 4.69) is 16.6 Å². The van der Waals surface area contributed by atoms with E-state index in [9.17, 15) is 23.1 Å². The molecule has 0 radical (unpaired) electrons. The van der Waals surface area contributed by atoms with Crippen LogP contribution in [0.25, 0.3) is 0 Å². The predicted molar refractivity (Wildman–Crippen MR) is 95.3 cm³/mol. The van der Waals surface area contributed by atoms with Gasteiger partial charge in [-0.3, -0.25) is 9.59 Å². The Labute approximate surface area is 154 Å². The molecule has 4 atom stereocenters. The van der Waals surface area contributed by atoms with Gasteiger partial charge in [0.05, 0.1) is 10.8 Å². The molecule has 3 fully saturated rings. The molecule has 26 heavy (non-hydrogen) atoms. The van der Waals surface area contributed by atoms with Crippen LogP contribution < -0.4 is 10.0 Å². The fourth-order valence-electron chi connectivity index (χ4n) is 3.71. The van der Waals surface area contributed by atoms with Gasteiger partial charge in [0.1, 0.15) is 12.3 Å². The number of carbonyl (C=O) groups excluding carboxylic acids is 2. The van der Waals surface area contributed by atoms with Crippen LogP contribution in [0.4, 0.5) is 0 Å². The van der Waals surface area contributed by atoms with Crippen LogP contribution in [0.5, 0.6) is 0 Å². The van der Waals surface area contributed by atoms with Crippen LogP contribution in [0.1, 0.15) is 45.4 Å². The Hall–Kier alpha value is -1.45. The van der Waals surface area contributed by atoms with Crippen LogP contribution in [0.2, 0.25) is 0 Å². The molecule has 2 amide bonds. The van der Waals surface area contributed by atoms with Crippen LogP contribution in [-0.2, 0) is 19.6 Å². The third kappa shape index (κ3) is 3.52. The van der Waals surface area contributed by atoms with Gasteiger partial charge in [-0.2, -0.15) is 4.72 Å². The highest BCUT2D eigenvalue weighted by Gasteiger charge is 2.60. The summed E-state index contributed by atoms with van der Waals surface area (Å²) in [4.78, 5) is 26.4. The molecule has 1 heterocycles. The van der Waals surface area contributed by atoms with Crippen LogP contribution in [0.3, 0.4) is 0 Å². The van der Waals surface area contributed by atoms with Gasteiger partial charge in [0.15, 0.2) is 0 Å². The monoisotopic (exact) mass is 385 g/mol. The number of nitrogens with one attached hydrogen (secondary N) is 2. The fourth-order valence-corrected chi connectivity index (χ4v) is 5.18. The lowest BCUT2D eigenvalue weighted by Gasteiger charge is -2.29. The van der Waals surface area contributed by atoms with Crippen molar-refractivity contribution in [2.24, 2.45) is 5.92 Å². The maximum atomic E-state index is 12.8.